The molecule has 86 valence electrons. The second-order valence-electron chi connectivity index (χ2n) is 2.95. The maximum absolute atomic E-state index is 12.0. The van der Waals surface area contributed by atoms with Gasteiger partial charge in [0.1, 0.15) is 6.61 Å². The van der Waals surface area contributed by atoms with Gasteiger partial charge in [-0.05, 0) is 24.3 Å². The van der Waals surface area contributed by atoms with Crippen molar-refractivity contribution >= 4 is 55.7 Å². The van der Waals surface area contributed by atoms with Crippen LogP contribution in [0.5, 0.6) is 0 Å². The molecule has 1 aromatic rings. The molecule has 3 nitrogen and oxygen atoms in total. The van der Waals surface area contributed by atoms with Gasteiger partial charge in [-0.1, -0.05) is 43.5 Å². The summed E-state index contributed by atoms with van der Waals surface area (Å²) in [7, 11) is 0. The molecule has 16 heavy (non-hydrogen) atoms. The Balaban J connectivity index is 2.84. The Morgan fingerprint density at radius 3 is 2.44 bits per heavy atom. The van der Waals surface area contributed by atoms with Crippen molar-refractivity contribution < 1.29 is 14.3 Å². The van der Waals surface area contributed by atoms with Gasteiger partial charge in [0.2, 0.25) is 0 Å². The molecule has 0 saturated carbocycles. The second kappa shape index (κ2) is 5.80. The van der Waals surface area contributed by atoms with Gasteiger partial charge in [-0.3, -0.25) is 9.59 Å². The molecule has 0 aliphatic heterocycles. The summed E-state index contributed by atoms with van der Waals surface area (Å²) in [5.74, 6) is -0.244. The topological polar surface area (TPSA) is 43.4 Å². The predicted molar refractivity (Wildman–Crippen MR) is 68.4 cm³/mol. The first kappa shape index (κ1) is 13.7. The summed E-state index contributed by atoms with van der Waals surface area (Å²) >= 11 is 12.0. The van der Waals surface area contributed by atoms with E-state index in [-0.39, 0.29) is 18.9 Å². The van der Waals surface area contributed by atoms with E-state index in [1.54, 1.807) is 24.3 Å². The molecule has 0 aliphatic rings. The Morgan fingerprint density at radius 1 is 1.38 bits per heavy atom. The fourth-order valence-corrected chi connectivity index (χ4v) is 1.86. The van der Waals surface area contributed by atoms with Crippen molar-refractivity contribution in [3.05, 3.63) is 34.9 Å². The van der Waals surface area contributed by atoms with Crippen molar-refractivity contribution in [2.75, 3.05) is 6.61 Å². The number of ether oxygens (including phenoxy) is 1. The molecular formula is C10H7Br2ClO3. The van der Waals surface area contributed by atoms with Crippen molar-refractivity contribution in [1.82, 2.24) is 0 Å². The molecule has 0 aromatic heterocycles. The zero-order chi connectivity index (χ0) is 12.2. The largest absolute Gasteiger partial charge is 0.465 e. The van der Waals surface area contributed by atoms with Crippen molar-refractivity contribution in [2.24, 2.45) is 0 Å². The monoisotopic (exact) mass is 368 g/mol. The number of ketones is 1. The van der Waals surface area contributed by atoms with Crippen LogP contribution < -0.4 is 0 Å². The Morgan fingerprint density at radius 2 is 1.94 bits per heavy atom. The average Bonchev–Trinajstić information content (AvgIpc) is 2.26. The zero-order valence-electron chi connectivity index (χ0n) is 7.95. The minimum Gasteiger partial charge on any atom is -0.465 e. The summed E-state index contributed by atoms with van der Waals surface area (Å²) in [4.78, 5) is 22.0. The Bertz CT molecular complexity index is 390. The van der Waals surface area contributed by atoms with E-state index < -0.39 is 3.23 Å². The first-order valence-electron chi connectivity index (χ1n) is 4.21. The van der Waals surface area contributed by atoms with E-state index in [2.05, 4.69) is 36.6 Å². The van der Waals surface area contributed by atoms with Gasteiger partial charge in [-0.15, -0.1) is 0 Å². The van der Waals surface area contributed by atoms with Crippen LogP contribution in [0.1, 0.15) is 10.4 Å². The van der Waals surface area contributed by atoms with Crippen LogP contribution in [-0.2, 0) is 9.53 Å². The average molecular weight is 370 g/mol. The molecule has 1 rings (SSSR count). The lowest BCUT2D eigenvalue weighted by Crippen LogP contribution is -2.30. The minimum absolute atomic E-state index is 0.0992. The number of Topliss-reactive ketones (excluding diaryl/α,β-unsaturated/α-hetero) is 1. The van der Waals surface area contributed by atoms with E-state index in [0.29, 0.717) is 10.6 Å². The zero-order valence-corrected chi connectivity index (χ0v) is 11.9. The molecule has 0 heterocycles. The summed E-state index contributed by atoms with van der Waals surface area (Å²) in [5, 5.41) is 0.551. The number of carbonyl (C=O) groups is 2. The van der Waals surface area contributed by atoms with Gasteiger partial charge >= 0.3 is 0 Å². The summed E-state index contributed by atoms with van der Waals surface area (Å²) in [5.41, 5.74) is 0.465. The molecule has 0 radical (unpaired) electrons. The lowest BCUT2D eigenvalue weighted by molar-refractivity contribution is -0.128. The van der Waals surface area contributed by atoms with E-state index in [1.165, 1.54) is 0 Å². The molecule has 0 amide bonds. The first-order chi connectivity index (χ1) is 7.47. The van der Waals surface area contributed by atoms with Crippen molar-refractivity contribution in [3.8, 4) is 0 Å². The third-order valence-electron chi connectivity index (χ3n) is 1.77. The Kier molecular flexibility index (Phi) is 4.95. The first-order valence-corrected chi connectivity index (χ1v) is 6.17. The molecule has 0 spiro atoms. The van der Waals surface area contributed by atoms with Crippen molar-refractivity contribution in [2.45, 2.75) is 3.23 Å². The third kappa shape index (κ3) is 3.57. The Hall–Kier alpha value is -0.390. The molecule has 0 atom stereocenters. The SMILES string of the molecule is O=COCC(Br)(Br)C(=O)c1ccc(Cl)cc1. The lowest BCUT2D eigenvalue weighted by Gasteiger charge is -2.17. The minimum atomic E-state index is -1.10. The highest BCUT2D eigenvalue weighted by molar-refractivity contribution is 9.26. The van der Waals surface area contributed by atoms with Crippen LogP contribution in [0.2, 0.25) is 5.02 Å². The quantitative estimate of drug-likeness (QED) is 0.454. The standard InChI is InChI=1S/C10H7Br2ClO3/c11-10(12,5-16-6-14)9(15)7-1-3-8(13)4-2-7/h1-4,6H,5H2. The number of hydrogen-bond acceptors (Lipinski definition) is 3. The molecule has 0 fully saturated rings. The van der Waals surface area contributed by atoms with Gasteiger partial charge in [0.15, 0.2) is 9.02 Å². The fourth-order valence-electron chi connectivity index (χ4n) is 1.02. The van der Waals surface area contributed by atoms with E-state index in [9.17, 15) is 9.59 Å². The van der Waals surface area contributed by atoms with Crippen LogP contribution >= 0.6 is 43.5 Å². The smallest absolute Gasteiger partial charge is 0.293 e. The van der Waals surface area contributed by atoms with Crippen molar-refractivity contribution in [3.63, 3.8) is 0 Å². The lowest BCUT2D eigenvalue weighted by atomic mass is 10.1. The number of hydrogen-bond donors (Lipinski definition) is 0. The van der Waals surface area contributed by atoms with E-state index in [4.69, 9.17) is 11.6 Å². The fraction of sp³-hybridized carbons (Fsp3) is 0.200. The number of halogens is 3. The maximum atomic E-state index is 12.0. The van der Waals surface area contributed by atoms with Crippen LogP contribution in [0.15, 0.2) is 24.3 Å². The maximum Gasteiger partial charge on any atom is 0.293 e. The predicted octanol–water partition coefficient (Wildman–Crippen LogP) is 3.18. The van der Waals surface area contributed by atoms with Crippen molar-refractivity contribution in [1.29, 1.82) is 0 Å². The van der Waals surface area contributed by atoms with Crippen LogP contribution in [0, 0.1) is 0 Å². The van der Waals surface area contributed by atoms with E-state index in [1.807, 2.05) is 0 Å². The molecule has 0 bridgehead atoms. The van der Waals surface area contributed by atoms with Crippen LogP contribution in [0.4, 0.5) is 0 Å². The van der Waals surface area contributed by atoms with Crippen LogP contribution in [0.3, 0.4) is 0 Å². The summed E-state index contributed by atoms with van der Waals surface area (Å²) in [6, 6.07) is 6.43. The number of benzene rings is 1. The van der Waals surface area contributed by atoms with E-state index >= 15 is 0 Å². The summed E-state index contributed by atoms with van der Waals surface area (Å²) in [6.45, 7) is 0.185. The molecule has 0 N–H and O–H groups in total. The van der Waals surface area contributed by atoms with Gasteiger partial charge in [0, 0.05) is 10.6 Å². The third-order valence-corrected chi connectivity index (χ3v) is 3.20. The Labute approximate surface area is 114 Å². The van der Waals surface area contributed by atoms with Crippen LogP contribution in [-0.4, -0.2) is 22.1 Å². The van der Waals surface area contributed by atoms with Gasteiger partial charge in [0.05, 0.1) is 0 Å². The number of alkyl halides is 2. The highest BCUT2D eigenvalue weighted by atomic mass is 79.9. The van der Waals surface area contributed by atoms with Gasteiger partial charge in [-0.2, -0.15) is 0 Å². The summed E-state index contributed by atoms with van der Waals surface area (Å²) < 4.78 is 3.44. The normalized spacial score (nSPS) is 10.9. The van der Waals surface area contributed by atoms with Gasteiger partial charge in [0.25, 0.3) is 6.47 Å². The highest BCUT2D eigenvalue weighted by Gasteiger charge is 2.34. The second-order valence-corrected chi connectivity index (χ2v) is 7.16. The van der Waals surface area contributed by atoms with Gasteiger partial charge < -0.3 is 4.74 Å². The van der Waals surface area contributed by atoms with Gasteiger partial charge in [-0.25, -0.2) is 0 Å². The number of rotatable bonds is 5. The van der Waals surface area contributed by atoms with Crippen LogP contribution in [0.25, 0.3) is 0 Å². The molecular weight excluding hydrogens is 363 g/mol. The molecule has 0 unspecified atom stereocenters. The molecule has 0 aliphatic carbocycles. The molecule has 1 aromatic carbocycles. The van der Waals surface area contributed by atoms with E-state index in [0.717, 1.165) is 0 Å². The summed E-state index contributed by atoms with van der Waals surface area (Å²) in [6.07, 6.45) is 0. The molecule has 0 saturated heterocycles. The molecule has 6 heteroatoms. The number of carbonyl (C=O) groups excluding carboxylic acids is 2. The highest BCUT2D eigenvalue weighted by Crippen LogP contribution is 2.31.